The van der Waals surface area contributed by atoms with Crippen LogP contribution in [0.25, 0.3) is 0 Å². The number of hydrogen-bond acceptors (Lipinski definition) is 2. The molecule has 0 aromatic carbocycles. The maximum absolute atomic E-state index is 4.50. The average Bonchev–Trinajstić information content (AvgIpc) is 2.30. The van der Waals surface area contributed by atoms with Crippen LogP contribution >= 0.6 is 15.9 Å². The highest BCUT2D eigenvalue weighted by molar-refractivity contribution is 9.09. The molecule has 0 aromatic heterocycles. The predicted octanol–water partition coefficient (Wildman–Crippen LogP) is 1.77. The van der Waals surface area contributed by atoms with Crippen molar-refractivity contribution >= 4 is 21.8 Å². The van der Waals surface area contributed by atoms with Gasteiger partial charge in [0, 0.05) is 6.54 Å². The van der Waals surface area contributed by atoms with Crippen LogP contribution in [-0.2, 0) is 0 Å². The van der Waals surface area contributed by atoms with Gasteiger partial charge in [-0.05, 0) is 19.4 Å². The molecule has 0 bridgehead atoms. The molecule has 0 spiro atoms. The summed E-state index contributed by atoms with van der Waals surface area (Å²) in [7, 11) is 0. The monoisotopic (exact) mass is 214 g/mol. The minimum atomic E-state index is 0.396. The second-order valence-electron chi connectivity index (χ2n) is 2.98. The Hall–Kier alpha value is -0.310. The lowest BCUT2D eigenvalue weighted by atomic mass is 10.2. The van der Waals surface area contributed by atoms with Crippen LogP contribution in [0.2, 0.25) is 0 Å². The van der Waals surface area contributed by atoms with Gasteiger partial charge in [-0.2, -0.15) is 0 Å². The van der Waals surface area contributed by atoms with Gasteiger partial charge in [0.05, 0.1) is 6.04 Å². The normalized spacial score (nSPS) is 35.5. The van der Waals surface area contributed by atoms with Crippen molar-refractivity contribution in [3.05, 3.63) is 12.2 Å². The van der Waals surface area contributed by atoms with E-state index in [2.05, 4.69) is 44.9 Å². The smallest absolute Gasteiger partial charge is 0.124 e. The molecule has 3 heteroatoms. The lowest BCUT2D eigenvalue weighted by Gasteiger charge is -2.25. The van der Waals surface area contributed by atoms with Crippen LogP contribution in [0.3, 0.4) is 0 Å². The van der Waals surface area contributed by atoms with Gasteiger partial charge in [-0.3, -0.25) is 4.99 Å². The molecule has 0 aliphatic carbocycles. The van der Waals surface area contributed by atoms with E-state index in [1.54, 1.807) is 0 Å². The fraction of sp³-hybridized carbons (Fsp3) is 0.625. The average molecular weight is 215 g/mol. The highest BCUT2D eigenvalue weighted by Gasteiger charge is 2.30. The number of nitrogens with zero attached hydrogens (tertiary/aromatic N) is 2. The molecular formula is C8H11BrN2. The fourth-order valence-electron chi connectivity index (χ4n) is 1.51. The lowest BCUT2D eigenvalue weighted by Crippen LogP contribution is -2.36. The molecule has 11 heavy (non-hydrogen) atoms. The molecule has 60 valence electrons. The van der Waals surface area contributed by atoms with E-state index in [0.717, 1.165) is 18.8 Å². The molecule has 2 heterocycles. The second-order valence-corrected chi connectivity index (χ2v) is 3.92. The topological polar surface area (TPSA) is 15.6 Å². The molecular weight excluding hydrogens is 204 g/mol. The first-order chi connectivity index (χ1) is 5.29. The molecule has 2 atom stereocenters. The molecule has 2 nitrogen and oxygen atoms in total. The zero-order chi connectivity index (χ0) is 7.84. The minimum Gasteiger partial charge on any atom is -0.342 e. The van der Waals surface area contributed by atoms with Crippen LogP contribution < -0.4 is 0 Å². The summed E-state index contributed by atoms with van der Waals surface area (Å²) in [6.07, 6.45) is 5.45. The van der Waals surface area contributed by atoms with E-state index < -0.39 is 0 Å². The highest BCUT2D eigenvalue weighted by Crippen LogP contribution is 2.25. The largest absolute Gasteiger partial charge is 0.342 e. The van der Waals surface area contributed by atoms with Crippen molar-refractivity contribution in [3.63, 3.8) is 0 Å². The van der Waals surface area contributed by atoms with Crippen molar-refractivity contribution in [1.82, 2.24) is 4.90 Å². The van der Waals surface area contributed by atoms with Gasteiger partial charge in [-0.1, -0.05) is 22.0 Å². The summed E-state index contributed by atoms with van der Waals surface area (Å²) in [5, 5.41) is 0. The van der Waals surface area contributed by atoms with E-state index >= 15 is 0 Å². The number of amidine groups is 1. The van der Waals surface area contributed by atoms with E-state index in [4.69, 9.17) is 0 Å². The highest BCUT2D eigenvalue weighted by atomic mass is 79.9. The Morgan fingerprint density at radius 3 is 3.27 bits per heavy atom. The number of hydrogen-bond donors (Lipinski definition) is 0. The predicted molar refractivity (Wildman–Crippen MR) is 50.1 cm³/mol. The Bertz CT molecular complexity index is 222. The first-order valence-electron chi connectivity index (χ1n) is 3.94. The molecule has 0 fully saturated rings. The summed E-state index contributed by atoms with van der Waals surface area (Å²) >= 11 is 3.62. The standard InChI is InChI=1S/C8H11BrN2/c1-6-8(9)11-5-3-2-4-7(11)10-6/h2,4,6,8H,3,5H2,1H3/t6?,8-/m1/s1. The van der Waals surface area contributed by atoms with Crippen LogP contribution in [0.4, 0.5) is 0 Å². The third-order valence-corrected chi connectivity index (χ3v) is 3.39. The first-order valence-corrected chi connectivity index (χ1v) is 4.85. The number of alkyl halides is 1. The van der Waals surface area contributed by atoms with E-state index in [1.165, 1.54) is 0 Å². The number of aliphatic imine (C=N–C) groups is 1. The summed E-state index contributed by atoms with van der Waals surface area (Å²) in [6.45, 7) is 3.24. The zero-order valence-electron chi connectivity index (χ0n) is 6.50. The SMILES string of the molecule is CC1N=C2C=CCCN2[C@H]1Br. The Morgan fingerprint density at radius 2 is 2.55 bits per heavy atom. The van der Waals surface area contributed by atoms with E-state index in [-0.39, 0.29) is 0 Å². The van der Waals surface area contributed by atoms with E-state index in [1.807, 2.05) is 0 Å². The van der Waals surface area contributed by atoms with Gasteiger partial charge in [0.15, 0.2) is 0 Å². The van der Waals surface area contributed by atoms with Gasteiger partial charge in [0.1, 0.15) is 10.8 Å². The fourth-order valence-corrected chi connectivity index (χ4v) is 2.04. The molecule has 0 radical (unpaired) electrons. The van der Waals surface area contributed by atoms with Crippen molar-refractivity contribution in [2.24, 2.45) is 4.99 Å². The Kier molecular flexibility index (Phi) is 1.75. The summed E-state index contributed by atoms with van der Waals surface area (Å²) in [6, 6.07) is 0.396. The van der Waals surface area contributed by atoms with Crippen LogP contribution in [0.15, 0.2) is 17.1 Å². The number of halogens is 1. The zero-order valence-corrected chi connectivity index (χ0v) is 8.08. The third-order valence-electron chi connectivity index (χ3n) is 2.13. The van der Waals surface area contributed by atoms with E-state index in [9.17, 15) is 0 Å². The Labute approximate surface area is 75.1 Å². The van der Waals surface area contributed by atoms with Gasteiger partial charge in [-0.15, -0.1) is 0 Å². The van der Waals surface area contributed by atoms with Gasteiger partial charge in [-0.25, -0.2) is 0 Å². The van der Waals surface area contributed by atoms with Gasteiger partial charge in [0.25, 0.3) is 0 Å². The van der Waals surface area contributed by atoms with Gasteiger partial charge >= 0.3 is 0 Å². The van der Waals surface area contributed by atoms with Crippen molar-refractivity contribution in [3.8, 4) is 0 Å². The molecule has 0 saturated heterocycles. The van der Waals surface area contributed by atoms with Crippen LogP contribution in [0.1, 0.15) is 13.3 Å². The molecule has 2 aliphatic heterocycles. The number of fused-ring (bicyclic) bond motifs is 1. The summed E-state index contributed by atoms with van der Waals surface area (Å²) in [5.41, 5.74) is 0. The molecule has 0 N–H and O–H groups in total. The molecule has 1 unspecified atom stereocenters. The van der Waals surface area contributed by atoms with Crippen molar-refractivity contribution in [1.29, 1.82) is 0 Å². The molecule has 0 aromatic rings. The molecule has 0 amide bonds. The van der Waals surface area contributed by atoms with Crippen molar-refractivity contribution < 1.29 is 0 Å². The summed E-state index contributed by atoms with van der Waals surface area (Å²) in [5.74, 6) is 1.14. The quantitative estimate of drug-likeness (QED) is 0.444. The van der Waals surface area contributed by atoms with Crippen LogP contribution in [-0.4, -0.2) is 28.3 Å². The van der Waals surface area contributed by atoms with Gasteiger partial charge < -0.3 is 4.90 Å². The van der Waals surface area contributed by atoms with E-state index in [0.29, 0.717) is 11.0 Å². The van der Waals surface area contributed by atoms with Crippen LogP contribution in [0, 0.1) is 0 Å². The Balaban J connectivity index is 2.26. The van der Waals surface area contributed by atoms with Crippen molar-refractivity contribution in [2.75, 3.05) is 6.54 Å². The Morgan fingerprint density at radius 1 is 1.73 bits per heavy atom. The molecule has 0 saturated carbocycles. The maximum atomic E-state index is 4.50. The first kappa shape index (κ1) is 7.35. The minimum absolute atomic E-state index is 0.396. The summed E-state index contributed by atoms with van der Waals surface area (Å²) in [4.78, 5) is 7.23. The van der Waals surface area contributed by atoms with Gasteiger partial charge in [0.2, 0.25) is 0 Å². The van der Waals surface area contributed by atoms with Crippen LogP contribution in [0.5, 0.6) is 0 Å². The lowest BCUT2D eigenvalue weighted by molar-refractivity contribution is 0.409. The summed E-state index contributed by atoms with van der Waals surface area (Å²) < 4.78 is 0. The second kappa shape index (κ2) is 2.63. The number of rotatable bonds is 0. The third kappa shape index (κ3) is 1.11. The molecule has 2 aliphatic rings. The maximum Gasteiger partial charge on any atom is 0.124 e. The van der Waals surface area contributed by atoms with Crippen molar-refractivity contribution in [2.45, 2.75) is 24.3 Å². The molecule has 2 rings (SSSR count).